The van der Waals surface area contributed by atoms with E-state index in [0.717, 1.165) is 34.6 Å². The largest absolute Gasteiger partial charge is 0.385 e. The van der Waals surface area contributed by atoms with Crippen LogP contribution in [0, 0.1) is 35.3 Å². The SMILES string of the molecule is COCCCn1c(C)cc(C(=O)Cn2cc([N+](=O)[O-])cc(C#N)c2=O)c1C. The Balaban J connectivity index is 2.35. The van der Waals surface area contributed by atoms with E-state index in [-0.39, 0.29) is 17.9 Å². The molecule has 142 valence electrons. The predicted octanol–water partition coefficient (Wildman–Crippen LogP) is 1.97. The molecule has 0 aromatic carbocycles. The predicted molar refractivity (Wildman–Crippen MR) is 96.8 cm³/mol. The lowest BCUT2D eigenvalue weighted by atomic mass is 10.1. The van der Waals surface area contributed by atoms with Gasteiger partial charge in [0.05, 0.1) is 17.7 Å². The van der Waals surface area contributed by atoms with Crippen LogP contribution in [-0.2, 0) is 17.8 Å². The summed E-state index contributed by atoms with van der Waals surface area (Å²) in [6.07, 6.45) is 1.77. The summed E-state index contributed by atoms with van der Waals surface area (Å²) in [6, 6.07) is 4.27. The van der Waals surface area contributed by atoms with Crippen LogP contribution >= 0.6 is 0 Å². The summed E-state index contributed by atoms with van der Waals surface area (Å²) in [4.78, 5) is 35.2. The fourth-order valence-electron chi connectivity index (χ4n) is 2.95. The van der Waals surface area contributed by atoms with Crippen LogP contribution in [0.15, 0.2) is 23.1 Å². The first-order chi connectivity index (χ1) is 12.8. The number of carbonyl (C=O) groups is 1. The average molecular weight is 372 g/mol. The van der Waals surface area contributed by atoms with Crippen molar-refractivity contribution < 1.29 is 14.5 Å². The smallest absolute Gasteiger partial charge is 0.287 e. The molecule has 0 aliphatic carbocycles. The highest BCUT2D eigenvalue weighted by Crippen LogP contribution is 2.17. The maximum Gasteiger partial charge on any atom is 0.287 e. The second-order valence-electron chi connectivity index (χ2n) is 6.12. The van der Waals surface area contributed by atoms with E-state index in [9.17, 15) is 19.7 Å². The Morgan fingerprint density at radius 3 is 2.67 bits per heavy atom. The van der Waals surface area contributed by atoms with Crippen LogP contribution in [0.3, 0.4) is 0 Å². The first-order valence-electron chi connectivity index (χ1n) is 8.28. The number of aryl methyl sites for hydroxylation is 1. The molecule has 0 N–H and O–H groups in total. The Bertz CT molecular complexity index is 981. The molecule has 2 aromatic rings. The van der Waals surface area contributed by atoms with Crippen molar-refractivity contribution in [2.75, 3.05) is 13.7 Å². The van der Waals surface area contributed by atoms with E-state index in [1.807, 2.05) is 18.4 Å². The molecule has 0 amide bonds. The van der Waals surface area contributed by atoms with Crippen LogP contribution < -0.4 is 5.56 Å². The number of ether oxygens (including phenoxy) is 1. The van der Waals surface area contributed by atoms with Gasteiger partial charge in [0, 0.05) is 43.3 Å². The fraction of sp³-hybridized carbons (Fsp3) is 0.389. The molecule has 0 fully saturated rings. The molecule has 0 bridgehead atoms. The Morgan fingerprint density at radius 1 is 1.37 bits per heavy atom. The van der Waals surface area contributed by atoms with Gasteiger partial charge < -0.3 is 9.30 Å². The molecule has 0 saturated carbocycles. The number of methoxy groups -OCH3 is 1. The summed E-state index contributed by atoms with van der Waals surface area (Å²) in [6.45, 7) is 4.60. The summed E-state index contributed by atoms with van der Waals surface area (Å²) in [7, 11) is 1.62. The lowest BCUT2D eigenvalue weighted by molar-refractivity contribution is -0.385. The van der Waals surface area contributed by atoms with Crippen LogP contribution in [0.4, 0.5) is 5.69 Å². The number of hydrogen-bond acceptors (Lipinski definition) is 6. The Morgan fingerprint density at radius 2 is 2.07 bits per heavy atom. The van der Waals surface area contributed by atoms with E-state index >= 15 is 0 Å². The summed E-state index contributed by atoms with van der Waals surface area (Å²) >= 11 is 0. The Hall–Kier alpha value is -3.25. The van der Waals surface area contributed by atoms with Gasteiger partial charge in [0.2, 0.25) is 0 Å². The van der Waals surface area contributed by atoms with E-state index in [1.165, 1.54) is 0 Å². The minimum absolute atomic E-state index is 0.354. The number of ketones is 1. The number of nitriles is 1. The topological polar surface area (TPSA) is 120 Å². The van der Waals surface area contributed by atoms with E-state index in [0.29, 0.717) is 18.7 Å². The molecule has 0 aliphatic heterocycles. The number of carbonyl (C=O) groups excluding carboxylic acids is 1. The first kappa shape index (κ1) is 20.1. The molecule has 0 spiro atoms. The van der Waals surface area contributed by atoms with Gasteiger partial charge >= 0.3 is 0 Å². The molecule has 0 aliphatic rings. The molecule has 9 nitrogen and oxygen atoms in total. The second kappa shape index (κ2) is 8.42. The van der Waals surface area contributed by atoms with Gasteiger partial charge in [-0.2, -0.15) is 5.26 Å². The minimum Gasteiger partial charge on any atom is -0.385 e. The third-order valence-corrected chi connectivity index (χ3v) is 4.32. The number of pyridine rings is 1. The normalized spacial score (nSPS) is 10.6. The molecular weight excluding hydrogens is 352 g/mol. The molecule has 0 unspecified atom stereocenters. The van der Waals surface area contributed by atoms with Crippen molar-refractivity contribution in [3.05, 3.63) is 61.3 Å². The minimum atomic E-state index is -0.731. The van der Waals surface area contributed by atoms with Crippen molar-refractivity contribution in [3.8, 4) is 6.07 Å². The van der Waals surface area contributed by atoms with Gasteiger partial charge in [-0.3, -0.25) is 24.3 Å². The number of hydrogen-bond donors (Lipinski definition) is 0. The van der Waals surface area contributed by atoms with E-state index in [1.54, 1.807) is 19.2 Å². The quantitative estimate of drug-likeness (QED) is 0.302. The summed E-state index contributed by atoms with van der Waals surface area (Å²) in [5.41, 5.74) is 0.585. The number of Topliss-reactive ketones (excluding diaryl/α,β-unsaturated/α-hetero) is 1. The zero-order chi connectivity index (χ0) is 20.1. The Labute approximate surface area is 155 Å². The zero-order valence-corrected chi connectivity index (χ0v) is 15.4. The molecule has 0 saturated heterocycles. The van der Waals surface area contributed by atoms with Gasteiger partial charge in [-0.05, 0) is 26.3 Å². The lowest BCUT2D eigenvalue weighted by Crippen LogP contribution is -2.26. The number of aromatic nitrogens is 2. The molecule has 2 heterocycles. The van der Waals surface area contributed by atoms with Gasteiger partial charge in [0.25, 0.3) is 11.2 Å². The molecular formula is C18H20N4O5. The van der Waals surface area contributed by atoms with Crippen LogP contribution in [0.1, 0.15) is 33.7 Å². The number of nitro groups is 1. The van der Waals surface area contributed by atoms with E-state index < -0.39 is 16.2 Å². The maximum absolute atomic E-state index is 12.7. The Kier molecular flexibility index (Phi) is 6.26. The first-order valence-corrected chi connectivity index (χ1v) is 8.28. The summed E-state index contributed by atoms with van der Waals surface area (Å²) < 4.78 is 7.94. The van der Waals surface area contributed by atoms with E-state index in [4.69, 9.17) is 10.00 Å². The lowest BCUT2D eigenvalue weighted by Gasteiger charge is -2.10. The number of nitrogens with zero attached hydrogens (tertiary/aromatic N) is 4. The third kappa shape index (κ3) is 4.30. The van der Waals surface area contributed by atoms with Crippen LogP contribution in [0.5, 0.6) is 0 Å². The van der Waals surface area contributed by atoms with Crippen LogP contribution in [0.2, 0.25) is 0 Å². The van der Waals surface area contributed by atoms with Crippen molar-refractivity contribution in [3.63, 3.8) is 0 Å². The molecule has 9 heteroatoms. The van der Waals surface area contributed by atoms with Gasteiger partial charge in [-0.15, -0.1) is 0 Å². The zero-order valence-electron chi connectivity index (χ0n) is 15.4. The highest BCUT2D eigenvalue weighted by atomic mass is 16.6. The standard InChI is InChI=1S/C18H20N4O5/c1-12-7-16(13(2)21(12)5-4-6-27-3)17(23)11-20-10-15(22(25)26)8-14(9-19)18(20)24/h7-8,10H,4-6,11H2,1-3H3. The van der Waals surface area contributed by atoms with Crippen molar-refractivity contribution in [1.82, 2.24) is 9.13 Å². The van der Waals surface area contributed by atoms with Crippen LogP contribution in [0.25, 0.3) is 0 Å². The van der Waals surface area contributed by atoms with Crippen molar-refractivity contribution in [1.29, 1.82) is 5.26 Å². The van der Waals surface area contributed by atoms with Crippen molar-refractivity contribution in [2.24, 2.45) is 0 Å². The third-order valence-electron chi connectivity index (χ3n) is 4.32. The molecule has 2 aromatic heterocycles. The van der Waals surface area contributed by atoms with Crippen molar-refractivity contribution >= 4 is 11.5 Å². The molecule has 2 rings (SSSR count). The van der Waals surface area contributed by atoms with Crippen molar-refractivity contribution in [2.45, 2.75) is 33.4 Å². The highest BCUT2D eigenvalue weighted by molar-refractivity contribution is 5.97. The van der Waals surface area contributed by atoms with Crippen LogP contribution in [-0.4, -0.2) is 33.6 Å². The average Bonchev–Trinajstić information content (AvgIpc) is 2.91. The fourth-order valence-corrected chi connectivity index (χ4v) is 2.95. The highest BCUT2D eigenvalue weighted by Gasteiger charge is 2.19. The maximum atomic E-state index is 12.7. The number of rotatable bonds is 8. The van der Waals surface area contributed by atoms with Gasteiger partial charge in [0.1, 0.15) is 11.6 Å². The van der Waals surface area contributed by atoms with Gasteiger partial charge in [0.15, 0.2) is 5.78 Å². The summed E-state index contributed by atoms with van der Waals surface area (Å²) in [5.74, 6) is -0.354. The molecule has 0 atom stereocenters. The van der Waals surface area contributed by atoms with Gasteiger partial charge in [-0.1, -0.05) is 0 Å². The summed E-state index contributed by atoms with van der Waals surface area (Å²) in [5, 5.41) is 20.0. The van der Waals surface area contributed by atoms with Gasteiger partial charge in [-0.25, -0.2) is 0 Å². The van der Waals surface area contributed by atoms with E-state index in [2.05, 4.69) is 0 Å². The molecule has 0 radical (unpaired) electrons. The second-order valence-corrected chi connectivity index (χ2v) is 6.12. The monoisotopic (exact) mass is 372 g/mol. The molecule has 27 heavy (non-hydrogen) atoms.